The topological polar surface area (TPSA) is 16.1 Å². The molecule has 0 spiro atoms. The van der Waals surface area contributed by atoms with Crippen molar-refractivity contribution in [2.45, 2.75) is 22.5 Å². The minimum absolute atomic E-state index is 0.526. The van der Waals surface area contributed by atoms with Crippen LogP contribution in [0.2, 0.25) is 0 Å². The fourth-order valence-corrected chi connectivity index (χ4v) is 4.65. The molecule has 0 radical (unpaired) electrons. The average Bonchev–Trinajstić information content (AvgIpc) is 2.72. The molecule has 0 unspecified atom stereocenters. The van der Waals surface area contributed by atoms with Crippen molar-refractivity contribution in [2.75, 3.05) is 4.90 Å². The summed E-state index contributed by atoms with van der Waals surface area (Å²) in [6.07, 6.45) is -4.37. The summed E-state index contributed by atoms with van der Waals surface area (Å²) in [5, 5.41) is 0.967. The van der Waals surface area contributed by atoms with Crippen LogP contribution in [-0.2, 0) is 12.7 Å². The molecule has 3 aromatic carbocycles. The van der Waals surface area contributed by atoms with Gasteiger partial charge in [0, 0.05) is 16.8 Å². The monoisotopic (exact) mass is 408 g/mol. The number of nitrogens with zero attached hydrogens (tertiary/aromatic N) is 2. The summed E-state index contributed by atoms with van der Waals surface area (Å²) in [6, 6.07) is 23.6. The maximum atomic E-state index is 13.3. The molecule has 1 aliphatic rings. The molecule has 0 saturated carbocycles. The SMILES string of the molecule is FC(F)(F)c1ccc2c(c1)Sc1cc3ccccc3nc1N2Cc1ccccc1. The second-order valence-electron chi connectivity index (χ2n) is 6.86. The summed E-state index contributed by atoms with van der Waals surface area (Å²) in [4.78, 5) is 8.29. The first-order valence-electron chi connectivity index (χ1n) is 9.09. The zero-order valence-electron chi connectivity index (χ0n) is 15.1. The number of rotatable bonds is 2. The minimum atomic E-state index is -4.37. The predicted molar refractivity (Wildman–Crippen MR) is 110 cm³/mol. The van der Waals surface area contributed by atoms with Crippen LogP contribution in [-0.4, -0.2) is 4.98 Å². The van der Waals surface area contributed by atoms with Crippen molar-refractivity contribution in [1.82, 2.24) is 4.98 Å². The Bertz CT molecular complexity index is 1210. The zero-order chi connectivity index (χ0) is 20.0. The number of anilines is 2. The molecule has 0 atom stereocenters. The van der Waals surface area contributed by atoms with Gasteiger partial charge in [0.2, 0.25) is 0 Å². The third kappa shape index (κ3) is 3.34. The largest absolute Gasteiger partial charge is 0.416 e. The van der Waals surface area contributed by atoms with Gasteiger partial charge in [0.15, 0.2) is 0 Å². The minimum Gasteiger partial charge on any atom is -0.320 e. The van der Waals surface area contributed by atoms with Crippen LogP contribution in [0.5, 0.6) is 0 Å². The van der Waals surface area contributed by atoms with E-state index in [1.165, 1.54) is 17.8 Å². The number of alkyl halides is 3. The third-order valence-corrected chi connectivity index (χ3v) is 5.97. The molecule has 0 fully saturated rings. The van der Waals surface area contributed by atoms with Gasteiger partial charge in [-0.2, -0.15) is 13.2 Å². The van der Waals surface area contributed by atoms with Crippen LogP contribution in [0.4, 0.5) is 24.7 Å². The van der Waals surface area contributed by atoms with Crippen molar-refractivity contribution in [1.29, 1.82) is 0 Å². The lowest BCUT2D eigenvalue weighted by atomic mass is 10.1. The molecule has 4 aromatic rings. The first kappa shape index (κ1) is 18.1. The molecule has 29 heavy (non-hydrogen) atoms. The van der Waals surface area contributed by atoms with Gasteiger partial charge < -0.3 is 4.90 Å². The second-order valence-corrected chi connectivity index (χ2v) is 7.94. The van der Waals surface area contributed by atoms with Gasteiger partial charge in [0.1, 0.15) is 5.82 Å². The molecule has 1 aromatic heterocycles. The Morgan fingerprint density at radius 2 is 1.59 bits per heavy atom. The van der Waals surface area contributed by atoms with Crippen LogP contribution in [0.1, 0.15) is 11.1 Å². The van der Waals surface area contributed by atoms with Crippen LogP contribution >= 0.6 is 11.8 Å². The van der Waals surface area contributed by atoms with Gasteiger partial charge in [-0.3, -0.25) is 0 Å². The van der Waals surface area contributed by atoms with Crippen LogP contribution in [0, 0.1) is 0 Å². The lowest BCUT2D eigenvalue weighted by Gasteiger charge is -2.32. The number of aromatic nitrogens is 1. The van der Waals surface area contributed by atoms with Gasteiger partial charge >= 0.3 is 6.18 Å². The Morgan fingerprint density at radius 3 is 2.38 bits per heavy atom. The van der Waals surface area contributed by atoms with Gasteiger partial charge in [-0.25, -0.2) is 4.98 Å². The standard InChI is InChI=1S/C23H15F3N2S/c24-23(25,26)17-10-11-19-20(13-17)29-21-12-16-8-4-5-9-18(16)27-22(21)28(19)14-15-6-2-1-3-7-15/h1-13H,14H2. The molecule has 0 saturated heterocycles. The van der Waals surface area contributed by atoms with Crippen LogP contribution < -0.4 is 4.90 Å². The molecule has 0 bridgehead atoms. The summed E-state index contributed by atoms with van der Waals surface area (Å²) >= 11 is 1.34. The molecule has 2 heterocycles. The zero-order valence-corrected chi connectivity index (χ0v) is 16.0. The van der Waals surface area contributed by atoms with Crippen molar-refractivity contribution >= 4 is 34.2 Å². The molecular formula is C23H15F3N2S. The predicted octanol–water partition coefficient (Wildman–Crippen LogP) is 7.06. The van der Waals surface area contributed by atoms with Gasteiger partial charge in [0.05, 0.1) is 21.7 Å². The summed E-state index contributed by atoms with van der Waals surface area (Å²) < 4.78 is 39.8. The van der Waals surface area contributed by atoms with E-state index in [0.717, 1.165) is 38.9 Å². The van der Waals surface area contributed by atoms with Gasteiger partial charge in [-0.1, -0.05) is 60.3 Å². The van der Waals surface area contributed by atoms with Gasteiger partial charge in [-0.05, 0) is 35.9 Å². The molecule has 0 aliphatic carbocycles. The molecule has 0 N–H and O–H groups in total. The van der Waals surface area contributed by atoms with Crippen LogP contribution in [0.15, 0.2) is 88.7 Å². The maximum Gasteiger partial charge on any atom is 0.416 e. The van der Waals surface area contributed by atoms with Crippen LogP contribution in [0.25, 0.3) is 10.9 Å². The number of hydrogen-bond acceptors (Lipinski definition) is 3. The highest BCUT2D eigenvalue weighted by atomic mass is 32.2. The van der Waals surface area contributed by atoms with E-state index < -0.39 is 11.7 Å². The quantitative estimate of drug-likeness (QED) is 0.353. The van der Waals surface area contributed by atoms with Crippen molar-refractivity contribution in [3.8, 4) is 0 Å². The van der Waals surface area contributed by atoms with E-state index in [-0.39, 0.29) is 0 Å². The van der Waals surface area contributed by atoms with E-state index in [4.69, 9.17) is 4.98 Å². The number of pyridine rings is 1. The smallest absolute Gasteiger partial charge is 0.320 e. The molecule has 1 aliphatic heterocycles. The molecule has 0 amide bonds. The van der Waals surface area contributed by atoms with Crippen molar-refractivity contribution in [2.24, 2.45) is 0 Å². The Morgan fingerprint density at radius 1 is 0.828 bits per heavy atom. The molecule has 6 heteroatoms. The second kappa shape index (κ2) is 6.81. The van der Waals surface area contributed by atoms with Gasteiger partial charge in [0.25, 0.3) is 0 Å². The highest BCUT2D eigenvalue weighted by Crippen LogP contribution is 2.50. The highest BCUT2D eigenvalue weighted by Gasteiger charge is 2.33. The van der Waals surface area contributed by atoms with Crippen LogP contribution in [0.3, 0.4) is 0 Å². The summed E-state index contributed by atoms with van der Waals surface area (Å²) in [5.74, 6) is 0.768. The number of para-hydroxylation sites is 1. The van der Waals surface area contributed by atoms with Gasteiger partial charge in [-0.15, -0.1) is 0 Å². The lowest BCUT2D eigenvalue weighted by Crippen LogP contribution is -2.22. The van der Waals surface area contributed by atoms with E-state index in [1.54, 1.807) is 6.07 Å². The Hall–Kier alpha value is -2.99. The summed E-state index contributed by atoms with van der Waals surface area (Å²) in [7, 11) is 0. The van der Waals surface area contributed by atoms with E-state index in [2.05, 4.69) is 0 Å². The first-order chi connectivity index (χ1) is 14.0. The number of hydrogen-bond donors (Lipinski definition) is 0. The number of fused-ring (bicyclic) bond motifs is 3. The molecule has 5 rings (SSSR count). The lowest BCUT2D eigenvalue weighted by molar-refractivity contribution is -0.137. The first-order valence-corrected chi connectivity index (χ1v) is 9.91. The fraction of sp³-hybridized carbons (Fsp3) is 0.0870. The summed E-state index contributed by atoms with van der Waals surface area (Å²) in [5.41, 5.74) is 2.02. The third-order valence-electron chi connectivity index (χ3n) is 4.91. The maximum absolute atomic E-state index is 13.3. The normalized spacial score (nSPS) is 13.3. The molecular weight excluding hydrogens is 393 g/mol. The highest BCUT2D eigenvalue weighted by molar-refractivity contribution is 7.99. The molecule has 144 valence electrons. The average molecular weight is 408 g/mol. The Balaban J connectivity index is 1.68. The number of halogens is 3. The van der Waals surface area contributed by atoms with Crippen molar-refractivity contribution in [3.63, 3.8) is 0 Å². The fourth-order valence-electron chi connectivity index (χ4n) is 3.51. The number of benzene rings is 3. The van der Waals surface area contributed by atoms with E-state index in [9.17, 15) is 13.2 Å². The van der Waals surface area contributed by atoms with Crippen molar-refractivity contribution < 1.29 is 13.2 Å². The Labute approximate surface area is 170 Å². The summed E-state index contributed by atoms with van der Waals surface area (Å²) in [6.45, 7) is 0.526. The van der Waals surface area contributed by atoms with E-state index in [0.29, 0.717) is 11.4 Å². The van der Waals surface area contributed by atoms with Crippen molar-refractivity contribution in [3.05, 3.63) is 90.0 Å². The molecule has 2 nitrogen and oxygen atoms in total. The van der Waals surface area contributed by atoms with E-state index in [1.807, 2.05) is 65.6 Å². The van der Waals surface area contributed by atoms with E-state index >= 15 is 0 Å². The Kier molecular flexibility index (Phi) is 4.24.